The molecule has 6 atom stereocenters. The van der Waals surface area contributed by atoms with E-state index in [4.69, 9.17) is 14.2 Å². The molecule has 1 fully saturated rings. The molecule has 12 heteroatoms. The number of ether oxygens (including phenoxy) is 4. The van der Waals surface area contributed by atoms with E-state index in [2.05, 4.69) is 4.74 Å². The van der Waals surface area contributed by atoms with Crippen molar-refractivity contribution < 1.29 is 59.8 Å². The Morgan fingerprint density at radius 3 is 2.31 bits per heavy atom. The number of hydrogen-bond donors (Lipinski definition) is 8. The van der Waals surface area contributed by atoms with Crippen molar-refractivity contribution in [3.05, 3.63) is 70.1 Å². The molecular formula is C24H25O12+. The summed E-state index contributed by atoms with van der Waals surface area (Å²) in [6.45, 7) is 1.02. The molecule has 5 rings (SSSR count). The van der Waals surface area contributed by atoms with Gasteiger partial charge in [0.15, 0.2) is 23.4 Å². The van der Waals surface area contributed by atoms with Gasteiger partial charge in [-0.25, -0.2) is 0 Å². The van der Waals surface area contributed by atoms with E-state index in [1.165, 1.54) is 12.2 Å². The van der Waals surface area contributed by atoms with E-state index in [1.807, 2.05) is 0 Å². The number of aromatic hydroxyl groups is 3. The highest BCUT2D eigenvalue weighted by Crippen LogP contribution is 2.47. The van der Waals surface area contributed by atoms with Gasteiger partial charge in [0.2, 0.25) is 5.76 Å². The lowest BCUT2D eigenvalue weighted by molar-refractivity contribution is -0.331. The molecule has 0 bridgehead atoms. The van der Waals surface area contributed by atoms with E-state index in [9.17, 15) is 40.9 Å². The smallest absolute Gasteiger partial charge is 0.326 e. The molecule has 1 saturated heterocycles. The van der Waals surface area contributed by atoms with Crippen molar-refractivity contribution in [2.45, 2.75) is 43.7 Å². The van der Waals surface area contributed by atoms with Crippen LogP contribution in [-0.2, 0) is 14.2 Å². The highest BCUT2D eigenvalue weighted by molar-refractivity contribution is 5.76. The first-order valence-corrected chi connectivity index (χ1v) is 11.0. The molecule has 4 aliphatic rings. The Kier molecular flexibility index (Phi) is 5.85. The summed E-state index contributed by atoms with van der Waals surface area (Å²) in [7, 11) is 0. The minimum atomic E-state index is -1.68. The van der Waals surface area contributed by atoms with Crippen molar-refractivity contribution in [1.82, 2.24) is 0 Å². The summed E-state index contributed by atoms with van der Waals surface area (Å²) in [5.74, 6) is -1.54. The zero-order valence-corrected chi connectivity index (χ0v) is 18.8. The van der Waals surface area contributed by atoms with Crippen LogP contribution in [-0.4, -0.2) is 89.0 Å². The van der Waals surface area contributed by atoms with E-state index < -0.39 is 60.7 Å². The van der Waals surface area contributed by atoms with Gasteiger partial charge >= 0.3 is 12.0 Å². The molecule has 1 aromatic carbocycles. The second-order valence-corrected chi connectivity index (χ2v) is 8.71. The summed E-state index contributed by atoms with van der Waals surface area (Å²) in [5.41, 5.74) is 0.989. The summed E-state index contributed by atoms with van der Waals surface area (Å²) < 4.78 is 21.9. The third kappa shape index (κ3) is 3.85. The van der Waals surface area contributed by atoms with Gasteiger partial charge in [-0.15, -0.1) is 0 Å². The third-order valence-electron chi connectivity index (χ3n) is 6.24. The molecule has 0 spiro atoms. The maximum absolute atomic E-state index is 10.6. The first-order valence-electron chi connectivity index (χ1n) is 11.0. The summed E-state index contributed by atoms with van der Waals surface area (Å²) in [5, 5.41) is 80.7. The minimum Gasteiger partial charge on any atom is -0.555 e. The molecule has 12 nitrogen and oxygen atoms in total. The third-order valence-corrected chi connectivity index (χ3v) is 6.24. The topological polar surface area (TPSA) is 202 Å². The summed E-state index contributed by atoms with van der Waals surface area (Å²) in [6, 6.07) is 2.23. The minimum absolute atomic E-state index is 0.0537. The number of aliphatic hydroxyl groups excluding tert-OH is 5. The number of aliphatic hydroxyl groups is 7. The van der Waals surface area contributed by atoms with Gasteiger partial charge in [-0.2, -0.15) is 0 Å². The van der Waals surface area contributed by atoms with Gasteiger partial charge in [0.25, 0.3) is 0 Å². The van der Waals surface area contributed by atoms with E-state index in [-0.39, 0.29) is 28.6 Å². The number of hydrogen-bond acceptors (Lipinski definition) is 11. The largest absolute Gasteiger partial charge is 0.555 e. The predicted molar refractivity (Wildman–Crippen MR) is 120 cm³/mol. The maximum atomic E-state index is 10.6. The fourth-order valence-corrected chi connectivity index (χ4v) is 4.47. The fraction of sp³-hybridized carbons (Fsp3) is 0.333. The van der Waals surface area contributed by atoms with Crippen molar-refractivity contribution >= 4 is 5.76 Å². The van der Waals surface area contributed by atoms with Crippen molar-refractivity contribution in [1.29, 1.82) is 0 Å². The number of rotatable bonds is 4. The van der Waals surface area contributed by atoms with Crippen LogP contribution in [0.2, 0.25) is 0 Å². The normalized spacial score (nSPS) is 31.5. The number of phenols is 3. The van der Waals surface area contributed by atoms with Gasteiger partial charge < -0.3 is 55.1 Å². The Hall–Kier alpha value is -3.68. The SMILES string of the molecule is CC1=CC2=C3C(=CC(O)=CC3O1)OC(c1cc(O)c(O)c(O)c1)=C2[OH+]C1OC(CO)C(O)C(O)C1O. The van der Waals surface area contributed by atoms with E-state index in [0.29, 0.717) is 16.9 Å². The van der Waals surface area contributed by atoms with Gasteiger partial charge in [-0.05, 0) is 25.1 Å². The quantitative estimate of drug-likeness (QED) is 0.198. The first-order chi connectivity index (χ1) is 17.1. The van der Waals surface area contributed by atoms with Crippen LogP contribution in [0, 0.1) is 0 Å². The van der Waals surface area contributed by atoms with Crippen LogP contribution in [0.4, 0.5) is 0 Å². The zero-order valence-electron chi connectivity index (χ0n) is 18.8. The molecule has 0 radical (unpaired) electrons. The molecule has 1 aromatic rings. The molecule has 0 amide bonds. The van der Waals surface area contributed by atoms with Crippen LogP contribution < -0.4 is 0 Å². The Bertz CT molecular complexity index is 1230. The van der Waals surface area contributed by atoms with Crippen LogP contribution in [0.3, 0.4) is 0 Å². The summed E-state index contributed by atoms with van der Waals surface area (Å²) >= 11 is 0. The lowest BCUT2D eigenvalue weighted by Gasteiger charge is -2.39. The van der Waals surface area contributed by atoms with Crippen LogP contribution in [0.15, 0.2) is 64.5 Å². The Labute approximate surface area is 203 Å². The summed E-state index contributed by atoms with van der Waals surface area (Å²) in [4.78, 5) is 0. The fourth-order valence-electron chi connectivity index (χ4n) is 4.47. The summed E-state index contributed by atoms with van der Waals surface area (Å²) in [6.07, 6.45) is -3.95. The number of allylic oxidation sites excluding steroid dienone is 3. The first kappa shape index (κ1) is 24.0. The average Bonchev–Trinajstić information content (AvgIpc) is 2.83. The molecule has 3 heterocycles. The van der Waals surface area contributed by atoms with Crippen LogP contribution >= 0.6 is 0 Å². The second-order valence-electron chi connectivity index (χ2n) is 8.71. The number of phenolic OH excluding ortho intramolecular Hbond substituents is 3. The Morgan fingerprint density at radius 2 is 1.64 bits per heavy atom. The van der Waals surface area contributed by atoms with Gasteiger partial charge in [-0.3, -0.25) is 4.74 Å². The van der Waals surface area contributed by atoms with Gasteiger partial charge in [-0.1, -0.05) is 0 Å². The average molecular weight is 505 g/mol. The zero-order chi connectivity index (χ0) is 25.9. The molecule has 1 aliphatic carbocycles. The Morgan fingerprint density at radius 1 is 0.944 bits per heavy atom. The molecule has 9 N–H and O–H groups in total. The Balaban J connectivity index is 1.68. The second kappa shape index (κ2) is 8.76. The molecular weight excluding hydrogens is 480 g/mol. The van der Waals surface area contributed by atoms with Crippen molar-refractivity contribution in [3.63, 3.8) is 0 Å². The van der Waals surface area contributed by atoms with E-state index >= 15 is 0 Å². The monoisotopic (exact) mass is 505 g/mol. The van der Waals surface area contributed by atoms with Crippen molar-refractivity contribution in [2.75, 3.05) is 6.61 Å². The van der Waals surface area contributed by atoms with Gasteiger partial charge in [0, 0.05) is 17.7 Å². The lowest BCUT2D eigenvalue weighted by Crippen LogP contribution is -2.60. The van der Waals surface area contributed by atoms with Gasteiger partial charge in [0.05, 0.1) is 23.5 Å². The van der Waals surface area contributed by atoms with Crippen molar-refractivity contribution in [2.24, 2.45) is 0 Å². The van der Waals surface area contributed by atoms with Crippen LogP contribution in [0.25, 0.3) is 5.76 Å². The van der Waals surface area contributed by atoms with Gasteiger partial charge in [0.1, 0.15) is 35.9 Å². The molecule has 192 valence electrons. The molecule has 36 heavy (non-hydrogen) atoms. The van der Waals surface area contributed by atoms with Crippen LogP contribution in [0.5, 0.6) is 17.2 Å². The molecule has 6 unspecified atom stereocenters. The number of benzene rings is 1. The van der Waals surface area contributed by atoms with E-state index in [1.54, 1.807) is 13.0 Å². The highest BCUT2D eigenvalue weighted by atomic mass is 16.7. The lowest BCUT2D eigenvalue weighted by atomic mass is 9.89. The van der Waals surface area contributed by atoms with Crippen molar-refractivity contribution in [3.8, 4) is 17.2 Å². The molecule has 3 aliphatic heterocycles. The molecule has 0 saturated carbocycles. The predicted octanol–water partition coefficient (Wildman–Crippen LogP) is -0.231. The van der Waals surface area contributed by atoms with Crippen LogP contribution in [0.1, 0.15) is 12.5 Å². The highest BCUT2D eigenvalue weighted by Gasteiger charge is 2.50. The maximum Gasteiger partial charge on any atom is 0.326 e. The molecule has 0 aromatic heterocycles. The van der Waals surface area contributed by atoms with E-state index in [0.717, 1.165) is 12.1 Å². The standard InChI is InChI=1S/C24H24O12/c1-8-2-11-17-14(33-8)5-10(26)6-15(17)34-22(9-3-12(27)18(29)13(28)4-9)23(11)36-24-21(32)20(31)19(30)16(7-25)35-24/h2-6,14,16,19-21,24-32H,7H2,1H3/p+1.